The van der Waals surface area contributed by atoms with Crippen LogP contribution in [0.2, 0.25) is 0 Å². The van der Waals surface area contributed by atoms with E-state index in [4.69, 9.17) is 0 Å². The van der Waals surface area contributed by atoms with Crippen LogP contribution in [0.3, 0.4) is 0 Å². The molecule has 3 rings (SSSR count). The van der Waals surface area contributed by atoms with Gasteiger partial charge in [0.2, 0.25) is 0 Å². The Morgan fingerprint density at radius 3 is 2.83 bits per heavy atom. The molecule has 1 unspecified atom stereocenters. The number of guanidine groups is 1. The second-order valence-corrected chi connectivity index (χ2v) is 7.11. The largest absolute Gasteiger partial charge is 0.416 e. The SMILES string of the molecule is CN=C(NCC#Cc1cccc(C(F)(F)F)c1)N1CCC(Cc2cnn(C)c2)C1.I. The van der Waals surface area contributed by atoms with Crippen LogP contribution in [-0.4, -0.2) is 47.3 Å². The molecule has 1 aliphatic rings. The van der Waals surface area contributed by atoms with Gasteiger partial charge in [0.1, 0.15) is 0 Å². The van der Waals surface area contributed by atoms with Gasteiger partial charge in [0.15, 0.2) is 5.96 Å². The van der Waals surface area contributed by atoms with Gasteiger partial charge in [0.25, 0.3) is 0 Å². The van der Waals surface area contributed by atoms with E-state index in [2.05, 4.69) is 32.1 Å². The van der Waals surface area contributed by atoms with Crippen molar-refractivity contribution in [2.24, 2.45) is 18.0 Å². The maximum absolute atomic E-state index is 12.8. The second-order valence-electron chi connectivity index (χ2n) is 7.11. The monoisotopic (exact) mass is 531 g/mol. The van der Waals surface area contributed by atoms with Crippen LogP contribution in [0.25, 0.3) is 0 Å². The molecule has 1 aliphatic heterocycles. The van der Waals surface area contributed by atoms with Crippen molar-refractivity contribution in [1.82, 2.24) is 20.0 Å². The molecule has 1 aromatic carbocycles. The average Bonchev–Trinajstić information content (AvgIpc) is 3.31. The summed E-state index contributed by atoms with van der Waals surface area (Å²) >= 11 is 0. The number of hydrogen-bond donors (Lipinski definition) is 1. The first-order valence-corrected chi connectivity index (χ1v) is 9.44. The first kappa shape index (κ1) is 24.1. The number of benzene rings is 1. The van der Waals surface area contributed by atoms with Crippen LogP contribution in [0.5, 0.6) is 0 Å². The van der Waals surface area contributed by atoms with Gasteiger partial charge in [-0.2, -0.15) is 18.3 Å². The zero-order chi connectivity index (χ0) is 20.9. The first-order chi connectivity index (χ1) is 13.8. The van der Waals surface area contributed by atoms with E-state index in [9.17, 15) is 13.2 Å². The Morgan fingerprint density at radius 1 is 1.37 bits per heavy atom. The van der Waals surface area contributed by atoms with Gasteiger partial charge in [-0.05, 0) is 42.5 Å². The summed E-state index contributed by atoms with van der Waals surface area (Å²) in [5, 5.41) is 7.39. The van der Waals surface area contributed by atoms with E-state index in [1.165, 1.54) is 11.6 Å². The van der Waals surface area contributed by atoms with Crippen LogP contribution in [0.4, 0.5) is 13.2 Å². The van der Waals surface area contributed by atoms with Gasteiger partial charge in [-0.25, -0.2) is 0 Å². The van der Waals surface area contributed by atoms with Crippen LogP contribution in [0.1, 0.15) is 23.1 Å². The van der Waals surface area contributed by atoms with E-state index >= 15 is 0 Å². The predicted octanol–water partition coefficient (Wildman–Crippen LogP) is 3.55. The molecule has 30 heavy (non-hydrogen) atoms. The quantitative estimate of drug-likeness (QED) is 0.285. The number of aliphatic imine (C=N–C) groups is 1. The van der Waals surface area contributed by atoms with Crippen molar-refractivity contribution >= 4 is 29.9 Å². The summed E-state index contributed by atoms with van der Waals surface area (Å²) in [6.45, 7) is 2.12. The van der Waals surface area contributed by atoms with Crippen molar-refractivity contribution in [3.63, 3.8) is 0 Å². The third kappa shape index (κ3) is 6.65. The van der Waals surface area contributed by atoms with Gasteiger partial charge in [0.05, 0.1) is 18.3 Å². The van der Waals surface area contributed by atoms with Crippen molar-refractivity contribution in [2.75, 3.05) is 26.7 Å². The van der Waals surface area contributed by atoms with E-state index in [1.54, 1.807) is 13.1 Å². The molecule has 1 N–H and O–H groups in total. The summed E-state index contributed by atoms with van der Waals surface area (Å²) in [6, 6.07) is 5.04. The highest BCUT2D eigenvalue weighted by Gasteiger charge is 2.30. The number of rotatable bonds is 3. The number of nitrogens with zero attached hydrogens (tertiary/aromatic N) is 4. The molecule has 1 atom stereocenters. The number of hydrogen-bond acceptors (Lipinski definition) is 2. The third-order valence-corrected chi connectivity index (χ3v) is 4.84. The number of alkyl halides is 3. The van der Waals surface area contributed by atoms with Crippen molar-refractivity contribution in [3.05, 3.63) is 53.3 Å². The number of halogens is 4. The van der Waals surface area contributed by atoms with E-state index in [1.807, 2.05) is 24.1 Å². The number of likely N-dealkylation sites (tertiary alicyclic amines) is 1. The molecule has 2 heterocycles. The van der Waals surface area contributed by atoms with Crippen LogP contribution in [0, 0.1) is 17.8 Å². The highest BCUT2D eigenvalue weighted by Crippen LogP contribution is 2.29. The molecule has 9 heteroatoms. The van der Waals surface area contributed by atoms with Gasteiger partial charge in [-0.15, -0.1) is 24.0 Å². The molecule has 0 saturated carbocycles. The third-order valence-electron chi connectivity index (χ3n) is 4.84. The van der Waals surface area contributed by atoms with Gasteiger partial charge < -0.3 is 10.2 Å². The summed E-state index contributed by atoms with van der Waals surface area (Å²) in [6.07, 6.45) is 1.64. The molecule has 1 fully saturated rings. The van der Waals surface area contributed by atoms with Crippen molar-refractivity contribution in [1.29, 1.82) is 0 Å². The number of nitrogens with one attached hydrogen (secondary N) is 1. The normalized spacial score (nSPS) is 16.6. The Labute approximate surface area is 191 Å². The zero-order valence-electron chi connectivity index (χ0n) is 16.9. The minimum atomic E-state index is -4.36. The van der Waals surface area contributed by atoms with Crippen LogP contribution in [0.15, 0.2) is 41.7 Å². The minimum Gasteiger partial charge on any atom is -0.345 e. The molecule has 0 aliphatic carbocycles. The highest BCUT2D eigenvalue weighted by molar-refractivity contribution is 14.0. The molecular weight excluding hydrogens is 506 g/mol. The predicted molar refractivity (Wildman–Crippen MR) is 122 cm³/mol. The van der Waals surface area contributed by atoms with E-state index < -0.39 is 11.7 Å². The smallest absolute Gasteiger partial charge is 0.345 e. The van der Waals surface area contributed by atoms with Gasteiger partial charge in [-0.3, -0.25) is 9.67 Å². The molecule has 0 bridgehead atoms. The summed E-state index contributed by atoms with van der Waals surface area (Å²) in [7, 11) is 3.63. The molecule has 162 valence electrons. The summed E-state index contributed by atoms with van der Waals surface area (Å²) < 4.78 is 40.1. The lowest BCUT2D eigenvalue weighted by atomic mass is 10.0. The molecule has 0 radical (unpaired) electrons. The van der Waals surface area contributed by atoms with Crippen LogP contribution >= 0.6 is 24.0 Å². The molecular formula is C21H25F3IN5. The fraction of sp³-hybridized carbons (Fsp3) is 0.429. The summed E-state index contributed by atoms with van der Waals surface area (Å²) in [4.78, 5) is 6.49. The van der Waals surface area contributed by atoms with Gasteiger partial charge in [-0.1, -0.05) is 17.9 Å². The van der Waals surface area contributed by atoms with Crippen molar-refractivity contribution in [2.45, 2.75) is 19.0 Å². The van der Waals surface area contributed by atoms with Crippen LogP contribution < -0.4 is 5.32 Å². The first-order valence-electron chi connectivity index (χ1n) is 9.44. The maximum atomic E-state index is 12.8. The van der Waals surface area contributed by atoms with E-state index in [0.29, 0.717) is 18.0 Å². The topological polar surface area (TPSA) is 45.5 Å². The Morgan fingerprint density at radius 2 is 2.17 bits per heavy atom. The zero-order valence-corrected chi connectivity index (χ0v) is 19.2. The lowest BCUT2D eigenvalue weighted by molar-refractivity contribution is -0.137. The summed E-state index contributed by atoms with van der Waals surface area (Å²) in [5.74, 6) is 6.95. The van der Waals surface area contributed by atoms with E-state index in [0.717, 1.165) is 44.0 Å². The Kier molecular flexibility index (Phi) is 8.58. The Balaban J connectivity index is 0.00000320. The van der Waals surface area contributed by atoms with Gasteiger partial charge in [0, 0.05) is 38.9 Å². The molecule has 1 aromatic heterocycles. The average molecular weight is 531 g/mol. The lowest BCUT2D eigenvalue weighted by Gasteiger charge is -2.20. The summed E-state index contributed by atoms with van der Waals surface area (Å²) in [5.41, 5.74) is 0.883. The molecule has 0 amide bonds. The second kappa shape index (κ2) is 10.7. The Bertz CT molecular complexity index is 926. The fourth-order valence-corrected chi connectivity index (χ4v) is 3.48. The Hall–Kier alpha value is -2.22. The lowest BCUT2D eigenvalue weighted by Crippen LogP contribution is -2.40. The molecule has 2 aromatic rings. The van der Waals surface area contributed by atoms with Gasteiger partial charge >= 0.3 is 6.18 Å². The van der Waals surface area contributed by atoms with Crippen molar-refractivity contribution in [3.8, 4) is 11.8 Å². The molecule has 5 nitrogen and oxygen atoms in total. The number of aromatic nitrogens is 2. The van der Waals surface area contributed by atoms with Crippen molar-refractivity contribution < 1.29 is 13.2 Å². The molecule has 0 spiro atoms. The highest BCUT2D eigenvalue weighted by atomic mass is 127. The van der Waals surface area contributed by atoms with Crippen LogP contribution in [-0.2, 0) is 19.6 Å². The van der Waals surface area contributed by atoms with E-state index in [-0.39, 0.29) is 24.0 Å². The molecule has 1 saturated heterocycles. The fourth-order valence-electron chi connectivity index (χ4n) is 3.48. The number of aryl methyl sites for hydroxylation is 1. The minimum absolute atomic E-state index is 0. The standard InChI is InChI=1S/C21H24F3N5.HI/c1-25-20(29-10-8-17(15-29)11-18-13-27-28(2)14-18)26-9-4-6-16-5-3-7-19(12-16)21(22,23)24;/h3,5,7,12-14,17H,8-11,15H2,1-2H3,(H,25,26);1H. The maximum Gasteiger partial charge on any atom is 0.416 e.